The SMILES string of the molecule is CN(C)c1ncc(Br)cc1-c1nc(C2(N)CCC2)no1.Cl. The second kappa shape index (κ2) is 5.90. The third-order valence-corrected chi connectivity index (χ3v) is 4.04. The van der Waals surface area contributed by atoms with E-state index in [1.54, 1.807) is 6.20 Å². The van der Waals surface area contributed by atoms with Crippen LogP contribution in [0.4, 0.5) is 5.82 Å². The monoisotopic (exact) mass is 373 g/mol. The molecule has 0 spiro atoms. The Bertz CT molecular complexity index is 641. The van der Waals surface area contributed by atoms with Gasteiger partial charge in [-0.3, -0.25) is 0 Å². The van der Waals surface area contributed by atoms with Gasteiger partial charge in [0, 0.05) is 24.8 Å². The van der Waals surface area contributed by atoms with Crippen LogP contribution in [-0.4, -0.2) is 29.2 Å². The number of aromatic nitrogens is 3. The van der Waals surface area contributed by atoms with Crippen molar-refractivity contribution in [2.24, 2.45) is 5.73 Å². The Morgan fingerprint density at radius 1 is 1.38 bits per heavy atom. The van der Waals surface area contributed by atoms with E-state index in [1.807, 2.05) is 25.1 Å². The Balaban J connectivity index is 0.00000161. The van der Waals surface area contributed by atoms with E-state index in [2.05, 4.69) is 31.1 Å². The third-order valence-electron chi connectivity index (χ3n) is 3.60. The zero-order valence-corrected chi connectivity index (χ0v) is 14.2. The average Bonchev–Trinajstić information content (AvgIpc) is 2.85. The van der Waals surface area contributed by atoms with E-state index in [-0.39, 0.29) is 12.4 Å². The van der Waals surface area contributed by atoms with Crippen LogP contribution in [0.2, 0.25) is 0 Å². The van der Waals surface area contributed by atoms with Crippen LogP contribution in [0.15, 0.2) is 21.3 Å². The molecule has 0 amide bonds. The van der Waals surface area contributed by atoms with E-state index in [1.165, 1.54) is 0 Å². The molecule has 1 saturated carbocycles. The Kier molecular flexibility index (Phi) is 4.55. The molecule has 0 saturated heterocycles. The fourth-order valence-corrected chi connectivity index (χ4v) is 2.59. The lowest BCUT2D eigenvalue weighted by atomic mass is 9.77. The molecule has 2 heterocycles. The highest BCUT2D eigenvalue weighted by Crippen LogP contribution is 2.38. The quantitative estimate of drug-likeness (QED) is 0.889. The maximum atomic E-state index is 6.22. The maximum absolute atomic E-state index is 6.22. The summed E-state index contributed by atoms with van der Waals surface area (Å²) in [6, 6.07) is 1.92. The van der Waals surface area contributed by atoms with Crippen molar-refractivity contribution >= 4 is 34.2 Å². The highest BCUT2D eigenvalue weighted by molar-refractivity contribution is 9.10. The minimum absolute atomic E-state index is 0. The van der Waals surface area contributed by atoms with Gasteiger partial charge in [-0.1, -0.05) is 5.16 Å². The predicted molar refractivity (Wildman–Crippen MR) is 86.5 cm³/mol. The Labute approximate surface area is 137 Å². The second-order valence-corrected chi connectivity index (χ2v) is 6.27. The van der Waals surface area contributed by atoms with Crippen molar-refractivity contribution in [1.82, 2.24) is 15.1 Å². The highest BCUT2D eigenvalue weighted by Gasteiger charge is 2.39. The van der Waals surface area contributed by atoms with E-state index in [4.69, 9.17) is 10.3 Å². The third kappa shape index (κ3) is 2.90. The zero-order valence-electron chi connectivity index (χ0n) is 11.8. The van der Waals surface area contributed by atoms with E-state index < -0.39 is 5.54 Å². The fraction of sp³-hybridized carbons (Fsp3) is 0.462. The molecule has 8 heteroatoms. The van der Waals surface area contributed by atoms with Crippen molar-refractivity contribution in [3.05, 3.63) is 22.6 Å². The molecule has 0 bridgehead atoms. The number of hydrogen-bond acceptors (Lipinski definition) is 6. The Morgan fingerprint density at radius 2 is 2.10 bits per heavy atom. The highest BCUT2D eigenvalue weighted by atomic mass is 79.9. The molecule has 0 unspecified atom stereocenters. The average molecular weight is 375 g/mol. The van der Waals surface area contributed by atoms with Gasteiger partial charge in [-0.05, 0) is 41.3 Å². The molecule has 0 atom stereocenters. The maximum Gasteiger partial charge on any atom is 0.261 e. The topological polar surface area (TPSA) is 81.1 Å². The van der Waals surface area contributed by atoms with Crippen LogP contribution in [0.5, 0.6) is 0 Å². The standard InChI is InChI=1S/C13H16BrN5O.ClH/c1-19(2)10-9(6-8(14)7-16-10)11-17-12(18-20-11)13(15)4-3-5-13;/h6-7H,3-5,15H2,1-2H3;1H. The molecule has 2 aromatic heterocycles. The molecule has 1 fully saturated rings. The number of anilines is 1. The van der Waals surface area contributed by atoms with E-state index in [0.717, 1.165) is 35.1 Å². The summed E-state index contributed by atoms with van der Waals surface area (Å²) in [6.07, 6.45) is 4.67. The number of pyridine rings is 1. The number of nitrogens with two attached hydrogens (primary N) is 1. The van der Waals surface area contributed by atoms with E-state index in [0.29, 0.717) is 11.7 Å². The first-order valence-electron chi connectivity index (χ1n) is 6.46. The first-order valence-corrected chi connectivity index (χ1v) is 7.25. The molecule has 21 heavy (non-hydrogen) atoms. The molecular formula is C13H17BrClN5O. The van der Waals surface area contributed by atoms with Gasteiger partial charge in [-0.15, -0.1) is 12.4 Å². The van der Waals surface area contributed by atoms with Crippen LogP contribution < -0.4 is 10.6 Å². The van der Waals surface area contributed by atoms with Crippen molar-refractivity contribution in [3.63, 3.8) is 0 Å². The van der Waals surface area contributed by atoms with Gasteiger partial charge in [0.15, 0.2) is 5.82 Å². The molecule has 0 aliphatic heterocycles. The first kappa shape index (κ1) is 16.2. The van der Waals surface area contributed by atoms with Crippen LogP contribution in [0.1, 0.15) is 25.1 Å². The first-order chi connectivity index (χ1) is 9.49. The Morgan fingerprint density at radius 3 is 2.67 bits per heavy atom. The second-order valence-electron chi connectivity index (χ2n) is 5.35. The molecule has 1 aliphatic rings. The molecule has 2 N–H and O–H groups in total. The summed E-state index contributed by atoms with van der Waals surface area (Å²) >= 11 is 3.42. The lowest BCUT2D eigenvalue weighted by Crippen LogP contribution is -2.44. The van der Waals surface area contributed by atoms with Crippen LogP contribution in [0.3, 0.4) is 0 Å². The summed E-state index contributed by atoms with van der Waals surface area (Å²) in [4.78, 5) is 10.8. The summed E-state index contributed by atoms with van der Waals surface area (Å²) < 4.78 is 6.25. The van der Waals surface area contributed by atoms with Gasteiger partial charge in [-0.25, -0.2) is 4.98 Å². The van der Waals surface area contributed by atoms with E-state index >= 15 is 0 Å². The van der Waals surface area contributed by atoms with Crippen molar-refractivity contribution in [2.45, 2.75) is 24.8 Å². The molecule has 0 radical (unpaired) electrons. The molecule has 2 aromatic rings. The zero-order chi connectivity index (χ0) is 14.3. The summed E-state index contributed by atoms with van der Waals surface area (Å²) in [6.45, 7) is 0. The number of halogens is 2. The fourth-order valence-electron chi connectivity index (χ4n) is 2.26. The molecule has 6 nitrogen and oxygen atoms in total. The molecule has 1 aliphatic carbocycles. The van der Waals surface area contributed by atoms with Gasteiger partial charge in [0.2, 0.25) is 0 Å². The number of hydrogen-bond donors (Lipinski definition) is 1. The normalized spacial score (nSPS) is 16.0. The minimum Gasteiger partial charge on any atom is -0.362 e. The van der Waals surface area contributed by atoms with Crippen LogP contribution in [0, 0.1) is 0 Å². The summed E-state index contributed by atoms with van der Waals surface area (Å²) in [5.41, 5.74) is 6.60. The number of rotatable bonds is 3. The largest absolute Gasteiger partial charge is 0.362 e. The van der Waals surface area contributed by atoms with Gasteiger partial charge < -0.3 is 15.2 Å². The Hall–Kier alpha value is -1.18. The lowest BCUT2D eigenvalue weighted by molar-refractivity contribution is 0.229. The van der Waals surface area contributed by atoms with Gasteiger partial charge in [-0.2, -0.15) is 4.98 Å². The van der Waals surface area contributed by atoms with E-state index in [9.17, 15) is 0 Å². The minimum atomic E-state index is -0.417. The van der Waals surface area contributed by atoms with Crippen molar-refractivity contribution in [3.8, 4) is 11.5 Å². The molecule has 0 aromatic carbocycles. The summed E-state index contributed by atoms with van der Waals surface area (Å²) in [5, 5.41) is 4.04. The lowest BCUT2D eigenvalue weighted by Gasteiger charge is -2.34. The predicted octanol–water partition coefficient (Wildman–Crippen LogP) is 2.72. The molecular weight excluding hydrogens is 358 g/mol. The van der Waals surface area contributed by atoms with Gasteiger partial charge in [0.1, 0.15) is 5.82 Å². The van der Waals surface area contributed by atoms with Gasteiger partial charge >= 0.3 is 0 Å². The van der Waals surface area contributed by atoms with Crippen LogP contribution in [-0.2, 0) is 5.54 Å². The van der Waals surface area contributed by atoms with Crippen molar-refractivity contribution < 1.29 is 4.52 Å². The van der Waals surface area contributed by atoms with Gasteiger partial charge in [0.05, 0.1) is 11.1 Å². The van der Waals surface area contributed by atoms with Gasteiger partial charge in [0.25, 0.3) is 5.89 Å². The van der Waals surface area contributed by atoms with Crippen LogP contribution in [0.25, 0.3) is 11.5 Å². The summed E-state index contributed by atoms with van der Waals surface area (Å²) in [5.74, 6) is 1.82. The summed E-state index contributed by atoms with van der Waals surface area (Å²) in [7, 11) is 3.85. The smallest absolute Gasteiger partial charge is 0.261 e. The number of nitrogens with zero attached hydrogens (tertiary/aromatic N) is 4. The van der Waals surface area contributed by atoms with Crippen molar-refractivity contribution in [2.75, 3.05) is 19.0 Å². The molecule has 3 rings (SSSR count). The van der Waals surface area contributed by atoms with Crippen LogP contribution >= 0.6 is 28.3 Å². The molecule has 114 valence electrons. The van der Waals surface area contributed by atoms with Crippen molar-refractivity contribution in [1.29, 1.82) is 0 Å².